The molecule has 4 unspecified atom stereocenters. The number of fused-ring (bicyclic) bond motifs is 2. The van der Waals surface area contributed by atoms with Crippen molar-refractivity contribution in [2.45, 2.75) is 129 Å². The minimum Gasteiger partial charge on any atom is -0.450 e. The molecule has 4 rings (SSSR count). The molecule has 1 aliphatic rings. The van der Waals surface area contributed by atoms with Crippen LogP contribution in [0.4, 0.5) is 15.3 Å². The second kappa shape index (κ2) is 23.7. The number of alkyl carbamates (subject to hydrolysis) is 2. The molecule has 0 spiro atoms. The van der Waals surface area contributed by atoms with Gasteiger partial charge in [0.15, 0.2) is 12.5 Å². The van der Waals surface area contributed by atoms with Crippen LogP contribution in [0.25, 0.3) is 21.5 Å². The fraction of sp³-hybridized carbons (Fsp3) is 0.644. The van der Waals surface area contributed by atoms with Crippen LogP contribution in [0.3, 0.4) is 0 Å². The largest absolute Gasteiger partial charge is 0.450 e. The molecule has 1 aliphatic heterocycles. The van der Waals surface area contributed by atoms with Crippen LogP contribution in [0.2, 0.25) is 51.4 Å². The van der Waals surface area contributed by atoms with E-state index in [0.29, 0.717) is 59.2 Å². The van der Waals surface area contributed by atoms with Crippen LogP contribution in [0.5, 0.6) is 0 Å². The summed E-state index contributed by atoms with van der Waals surface area (Å²) in [6.45, 7) is 23.6. The molecule has 12 nitrogen and oxygen atoms in total. The van der Waals surface area contributed by atoms with E-state index in [0.717, 1.165) is 60.7 Å². The number of benzene rings is 3. The predicted molar refractivity (Wildman–Crippen MR) is 243 cm³/mol. The van der Waals surface area contributed by atoms with Gasteiger partial charge < -0.3 is 39.6 Å². The molecule has 0 radical (unpaired) electrons. The molecule has 1 heterocycles. The molecule has 0 aliphatic carbocycles. The summed E-state index contributed by atoms with van der Waals surface area (Å²) in [5.74, 6) is 0.0579. The Morgan fingerprint density at radius 2 is 1.20 bits per heavy atom. The molecule has 14 heteroatoms. The lowest BCUT2D eigenvalue weighted by Crippen LogP contribution is -2.56. The zero-order valence-corrected chi connectivity index (χ0v) is 39.3. The zero-order chi connectivity index (χ0) is 42.9. The van der Waals surface area contributed by atoms with Gasteiger partial charge in [-0.3, -0.25) is 0 Å². The van der Waals surface area contributed by atoms with Crippen molar-refractivity contribution in [2.75, 3.05) is 58.0 Å². The van der Waals surface area contributed by atoms with Crippen molar-refractivity contribution in [3.05, 3.63) is 54.1 Å². The highest BCUT2D eigenvalue weighted by molar-refractivity contribution is 6.76. The van der Waals surface area contributed by atoms with Crippen LogP contribution in [-0.4, -0.2) is 99.2 Å². The number of anilines is 1. The first-order valence-corrected chi connectivity index (χ1v) is 29.1. The number of carbonyl (C=O) groups is 2. The van der Waals surface area contributed by atoms with E-state index in [1.54, 1.807) is 0 Å². The van der Waals surface area contributed by atoms with E-state index in [1.807, 2.05) is 6.92 Å². The molecule has 2 amide bonds. The zero-order valence-electron chi connectivity index (χ0n) is 37.3. The van der Waals surface area contributed by atoms with Gasteiger partial charge in [0, 0.05) is 59.1 Å². The summed E-state index contributed by atoms with van der Waals surface area (Å²) in [4.78, 5) is 36.3. The lowest BCUT2D eigenvalue weighted by molar-refractivity contribution is -0.491. The number of aryl methyl sites for hydroxylation is 1. The van der Waals surface area contributed by atoms with Crippen LogP contribution < -0.4 is 16.0 Å². The molecule has 4 atom stereocenters. The van der Waals surface area contributed by atoms with E-state index < -0.39 is 40.4 Å². The number of ether oxygens (including phenoxy) is 5. The number of carbonyl (C=O) groups excluding carboxylic acids is 2. The number of rotatable bonds is 25. The minimum atomic E-state index is -1.25. The van der Waals surface area contributed by atoms with E-state index in [9.17, 15) is 9.59 Å². The SMILES string of the molecule is Cc1c2ccccc2c(NC2OC(C(C)CCCCOCCNC(=O)OCC[Si](C)(C)C)OOC2(C)CCCCOCCNC(=O)OCC[Si](C)(C)C)c2ccccc12. The van der Waals surface area contributed by atoms with Gasteiger partial charge in [-0.25, -0.2) is 19.4 Å². The highest BCUT2D eigenvalue weighted by Gasteiger charge is 2.45. The molecular weight excluding hydrogens is 783 g/mol. The summed E-state index contributed by atoms with van der Waals surface area (Å²) in [7, 11) is -2.48. The Balaban J connectivity index is 1.29. The van der Waals surface area contributed by atoms with Crippen molar-refractivity contribution in [1.82, 2.24) is 10.6 Å². The number of hydrogen-bond donors (Lipinski definition) is 3. The molecule has 3 N–H and O–H groups in total. The van der Waals surface area contributed by atoms with Crippen LogP contribution >= 0.6 is 0 Å². The standard InChI is InChI=1S/C45H73N3O9Si2/c1-34(18-14-16-26-51-28-24-46-43(49)53-30-32-58(4,5)6)41-55-42(48-40-38-21-12-10-19-36(38)35(2)37-20-11-13-22-39(37)40)45(3,57-56-41)23-15-17-27-52-29-25-47-44(50)54-31-33-59(7,8)9/h10-13,19-22,34,41-42,48H,14-18,23-33H2,1-9H3,(H,46,49)(H,47,50). The van der Waals surface area contributed by atoms with Gasteiger partial charge in [-0.1, -0.05) is 101 Å². The second-order valence-corrected chi connectivity index (χ2v) is 29.8. The maximum Gasteiger partial charge on any atom is 0.407 e. The number of amides is 2. The number of hydrogen-bond acceptors (Lipinski definition) is 10. The molecule has 1 saturated heterocycles. The van der Waals surface area contributed by atoms with Crippen molar-refractivity contribution < 1.29 is 43.0 Å². The molecule has 0 aromatic heterocycles. The maximum atomic E-state index is 12.0. The van der Waals surface area contributed by atoms with Crippen molar-refractivity contribution in [1.29, 1.82) is 0 Å². The summed E-state index contributed by atoms with van der Waals surface area (Å²) in [6, 6.07) is 18.9. The van der Waals surface area contributed by atoms with Gasteiger partial charge in [-0.05, 0) is 74.4 Å². The number of unbranched alkanes of at least 4 members (excludes halogenated alkanes) is 2. The Labute approximate surface area is 355 Å². The van der Waals surface area contributed by atoms with E-state index in [4.69, 9.17) is 33.5 Å². The first kappa shape index (κ1) is 48.4. The molecule has 1 fully saturated rings. The Hall–Kier alpha value is -3.25. The van der Waals surface area contributed by atoms with Crippen molar-refractivity contribution in [3.63, 3.8) is 0 Å². The van der Waals surface area contributed by atoms with Gasteiger partial charge >= 0.3 is 12.2 Å². The number of nitrogens with one attached hydrogen (secondary N) is 3. The predicted octanol–water partition coefficient (Wildman–Crippen LogP) is 10.2. The lowest BCUT2D eigenvalue weighted by Gasteiger charge is -2.45. The molecule has 0 saturated carbocycles. The summed E-state index contributed by atoms with van der Waals surface area (Å²) in [6.07, 6.45) is 3.10. The van der Waals surface area contributed by atoms with Crippen LogP contribution in [-0.2, 0) is 33.5 Å². The Kier molecular flexibility index (Phi) is 19.4. The first-order chi connectivity index (χ1) is 28.1. The van der Waals surface area contributed by atoms with E-state index in [-0.39, 0.29) is 12.0 Å². The summed E-state index contributed by atoms with van der Waals surface area (Å²) < 4.78 is 29.0. The van der Waals surface area contributed by atoms with Gasteiger partial charge in [0.25, 0.3) is 0 Å². The average molecular weight is 856 g/mol. The first-order valence-electron chi connectivity index (χ1n) is 21.7. The third kappa shape index (κ3) is 16.6. The average Bonchev–Trinajstić information content (AvgIpc) is 3.18. The van der Waals surface area contributed by atoms with Gasteiger partial charge in [-0.2, -0.15) is 0 Å². The summed E-state index contributed by atoms with van der Waals surface area (Å²) >= 11 is 0. The van der Waals surface area contributed by atoms with Crippen LogP contribution in [0, 0.1) is 12.8 Å². The third-order valence-corrected chi connectivity index (χ3v) is 14.1. The fourth-order valence-electron chi connectivity index (χ4n) is 6.87. The minimum absolute atomic E-state index is 0.0579. The lowest BCUT2D eigenvalue weighted by atomic mass is 9.93. The van der Waals surface area contributed by atoms with Crippen molar-refractivity contribution >= 4 is 55.6 Å². The highest BCUT2D eigenvalue weighted by Crippen LogP contribution is 2.40. The van der Waals surface area contributed by atoms with E-state index in [2.05, 4.69) is 118 Å². The van der Waals surface area contributed by atoms with E-state index in [1.165, 1.54) is 16.3 Å². The molecule has 0 bridgehead atoms. The van der Waals surface area contributed by atoms with Crippen molar-refractivity contribution in [3.8, 4) is 0 Å². The maximum absolute atomic E-state index is 12.0. The molecule has 3 aromatic rings. The quantitative estimate of drug-likeness (QED) is 0.0327. The fourth-order valence-corrected chi connectivity index (χ4v) is 8.30. The molecular formula is C45H73N3O9Si2. The topological polar surface area (TPSA) is 135 Å². The highest BCUT2D eigenvalue weighted by atomic mass is 28.3. The Morgan fingerprint density at radius 3 is 1.71 bits per heavy atom. The summed E-state index contributed by atoms with van der Waals surface area (Å²) in [5, 5.41) is 14.0. The van der Waals surface area contributed by atoms with Gasteiger partial charge in [0.2, 0.25) is 0 Å². The smallest absolute Gasteiger partial charge is 0.407 e. The third-order valence-electron chi connectivity index (χ3n) is 10.7. The molecule has 3 aromatic carbocycles. The van der Waals surface area contributed by atoms with Crippen LogP contribution in [0.15, 0.2) is 48.5 Å². The molecule has 59 heavy (non-hydrogen) atoms. The van der Waals surface area contributed by atoms with Gasteiger partial charge in [0.05, 0.1) is 32.1 Å². The normalized spacial score (nSPS) is 19.1. The van der Waals surface area contributed by atoms with Crippen LogP contribution in [0.1, 0.15) is 57.9 Å². The monoisotopic (exact) mass is 855 g/mol. The van der Waals surface area contributed by atoms with Gasteiger partial charge in [0.1, 0.15) is 5.60 Å². The summed E-state index contributed by atoms with van der Waals surface area (Å²) in [5.41, 5.74) is 1.45. The Bertz CT molecular complexity index is 1690. The Morgan fingerprint density at radius 1 is 0.712 bits per heavy atom. The van der Waals surface area contributed by atoms with E-state index >= 15 is 0 Å². The molecule has 330 valence electrons. The van der Waals surface area contributed by atoms with Crippen molar-refractivity contribution in [2.24, 2.45) is 5.92 Å². The van der Waals surface area contributed by atoms with Gasteiger partial charge in [-0.15, -0.1) is 0 Å². The second-order valence-electron chi connectivity index (χ2n) is 18.5.